The van der Waals surface area contributed by atoms with Gasteiger partial charge >= 0.3 is 5.97 Å². The lowest BCUT2D eigenvalue weighted by Crippen LogP contribution is -2.43. The zero-order valence-electron chi connectivity index (χ0n) is 15.4. The van der Waals surface area contributed by atoms with Gasteiger partial charge in [0.2, 0.25) is 0 Å². The molecule has 146 valence electrons. The Kier molecular flexibility index (Phi) is 5.71. The molecule has 8 heteroatoms. The number of carboxylic acid groups (broad SMARTS) is 1. The van der Waals surface area contributed by atoms with E-state index in [-0.39, 0.29) is 11.4 Å². The van der Waals surface area contributed by atoms with Gasteiger partial charge in [0.1, 0.15) is 23.2 Å². The second kappa shape index (κ2) is 8.37. The normalized spacial score (nSPS) is 11.5. The topological polar surface area (TPSA) is 133 Å². The van der Waals surface area contributed by atoms with Crippen LogP contribution in [0.2, 0.25) is 0 Å². The Hall–Kier alpha value is -3.96. The van der Waals surface area contributed by atoms with Gasteiger partial charge in [0.25, 0.3) is 5.91 Å². The fourth-order valence-corrected chi connectivity index (χ4v) is 2.98. The molecule has 0 saturated carbocycles. The number of rotatable bonds is 6. The van der Waals surface area contributed by atoms with Gasteiger partial charge < -0.3 is 20.3 Å². The summed E-state index contributed by atoms with van der Waals surface area (Å²) in [6.45, 7) is -0.778. The van der Waals surface area contributed by atoms with Crippen LogP contribution in [0.5, 0.6) is 5.75 Å². The van der Waals surface area contributed by atoms with Crippen molar-refractivity contribution in [3.63, 3.8) is 0 Å². The molecule has 0 bridgehead atoms. The van der Waals surface area contributed by atoms with Crippen LogP contribution in [0.25, 0.3) is 21.9 Å². The average molecular weight is 391 g/mol. The van der Waals surface area contributed by atoms with Crippen LogP contribution in [0.3, 0.4) is 0 Å². The van der Waals surface area contributed by atoms with Gasteiger partial charge in [-0.25, -0.2) is 9.78 Å². The van der Waals surface area contributed by atoms with E-state index < -0.39 is 24.5 Å². The molecule has 0 radical (unpaired) electrons. The predicted octanol–water partition coefficient (Wildman–Crippen LogP) is 1.96. The molecule has 1 aromatic heterocycles. The highest BCUT2D eigenvalue weighted by molar-refractivity contribution is 6.11. The molecular formula is C21H17N3O5. The third-order valence-electron chi connectivity index (χ3n) is 4.38. The average Bonchev–Trinajstić information content (AvgIpc) is 2.75. The second-order valence-corrected chi connectivity index (χ2v) is 6.12. The number of ether oxygens (including phenoxy) is 1. The van der Waals surface area contributed by atoms with Gasteiger partial charge in [0, 0.05) is 10.9 Å². The molecule has 0 aliphatic rings. The highest BCUT2D eigenvalue weighted by Gasteiger charge is 2.24. The summed E-state index contributed by atoms with van der Waals surface area (Å²) in [5.74, 6) is -1.67. The van der Waals surface area contributed by atoms with Gasteiger partial charge in [-0.1, -0.05) is 30.3 Å². The van der Waals surface area contributed by atoms with Crippen molar-refractivity contribution in [2.45, 2.75) is 6.04 Å². The Morgan fingerprint density at radius 1 is 1.21 bits per heavy atom. The molecule has 3 rings (SSSR count). The van der Waals surface area contributed by atoms with Gasteiger partial charge in [-0.3, -0.25) is 4.79 Å². The van der Waals surface area contributed by atoms with Crippen LogP contribution < -0.4 is 10.1 Å². The number of nitrogens with zero attached hydrogens (tertiary/aromatic N) is 2. The predicted molar refractivity (Wildman–Crippen MR) is 104 cm³/mol. The van der Waals surface area contributed by atoms with Crippen LogP contribution in [0, 0.1) is 11.3 Å². The lowest BCUT2D eigenvalue weighted by Gasteiger charge is -2.16. The van der Waals surface area contributed by atoms with Crippen LogP contribution in [-0.4, -0.2) is 46.8 Å². The van der Waals surface area contributed by atoms with Crippen molar-refractivity contribution >= 4 is 22.6 Å². The Morgan fingerprint density at radius 2 is 1.93 bits per heavy atom. The van der Waals surface area contributed by atoms with E-state index in [1.807, 2.05) is 36.4 Å². The molecule has 3 aromatic rings. The number of aromatic nitrogens is 1. The van der Waals surface area contributed by atoms with Gasteiger partial charge in [0.05, 0.1) is 13.7 Å². The van der Waals surface area contributed by atoms with Crippen molar-refractivity contribution in [2.24, 2.45) is 0 Å². The number of hydrogen-bond donors (Lipinski definition) is 3. The number of nitriles is 1. The van der Waals surface area contributed by atoms with E-state index >= 15 is 0 Å². The monoisotopic (exact) mass is 391 g/mol. The molecule has 1 heterocycles. The summed E-state index contributed by atoms with van der Waals surface area (Å²) in [4.78, 5) is 28.1. The number of pyridine rings is 1. The lowest BCUT2D eigenvalue weighted by molar-refractivity contribution is -0.140. The molecule has 0 saturated heterocycles. The third kappa shape index (κ3) is 3.85. The Balaban J connectivity index is 2.27. The van der Waals surface area contributed by atoms with Crippen LogP contribution >= 0.6 is 0 Å². The van der Waals surface area contributed by atoms with Crippen LogP contribution in [0.15, 0.2) is 48.5 Å². The van der Waals surface area contributed by atoms with E-state index in [0.29, 0.717) is 22.1 Å². The summed E-state index contributed by atoms with van der Waals surface area (Å²) in [5, 5.41) is 31.1. The summed E-state index contributed by atoms with van der Waals surface area (Å²) in [5.41, 5.74) is 1.17. The quantitative estimate of drug-likeness (QED) is 0.585. The maximum absolute atomic E-state index is 12.7. The Morgan fingerprint density at radius 3 is 2.52 bits per heavy atom. The molecule has 3 N–H and O–H groups in total. The van der Waals surface area contributed by atoms with Crippen molar-refractivity contribution in [3.8, 4) is 22.9 Å². The number of benzene rings is 2. The maximum atomic E-state index is 12.7. The van der Waals surface area contributed by atoms with Gasteiger partial charge in [-0.15, -0.1) is 0 Å². The minimum atomic E-state index is -1.49. The van der Waals surface area contributed by atoms with Gasteiger partial charge in [-0.05, 0) is 29.1 Å². The smallest absolute Gasteiger partial charge is 0.328 e. The number of hydrogen-bond acceptors (Lipinski definition) is 6. The first-order valence-corrected chi connectivity index (χ1v) is 8.62. The minimum absolute atomic E-state index is 0.0120. The summed E-state index contributed by atoms with van der Waals surface area (Å²) in [6.07, 6.45) is 0. The third-order valence-corrected chi connectivity index (χ3v) is 4.38. The minimum Gasteiger partial charge on any atom is -0.497 e. The molecule has 1 amide bonds. The molecule has 0 aliphatic heterocycles. The zero-order valence-corrected chi connectivity index (χ0v) is 15.4. The zero-order chi connectivity index (χ0) is 21.0. The van der Waals surface area contributed by atoms with E-state index in [0.717, 1.165) is 5.56 Å². The first-order valence-electron chi connectivity index (χ1n) is 8.62. The highest BCUT2D eigenvalue weighted by Crippen LogP contribution is 2.34. The Bertz CT molecular complexity index is 1120. The largest absolute Gasteiger partial charge is 0.497 e. The van der Waals surface area contributed by atoms with Gasteiger partial charge in [-0.2, -0.15) is 5.26 Å². The number of methoxy groups -OCH3 is 1. The van der Waals surface area contributed by atoms with E-state index in [1.165, 1.54) is 7.11 Å². The van der Waals surface area contributed by atoms with E-state index in [4.69, 9.17) is 9.84 Å². The van der Waals surface area contributed by atoms with Crippen molar-refractivity contribution in [3.05, 3.63) is 59.9 Å². The lowest BCUT2D eigenvalue weighted by atomic mass is 9.95. The number of nitrogens with one attached hydrogen (secondary N) is 1. The van der Waals surface area contributed by atoms with Crippen molar-refractivity contribution < 1.29 is 24.5 Å². The van der Waals surface area contributed by atoms with Crippen LogP contribution in [0.4, 0.5) is 0 Å². The Labute approximate surface area is 166 Å². The number of fused-ring (bicyclic) bond motifs is 1. The molecule has 0 aliphatic carbocycles. The van der Waals surface area contributed by atoms with Crippen LogP contribution in [0.1, 0.15) is 16.2 Å². The summed E-state index contributed by atoms with van der Waals surface area (Å²) in [6, 6.07) is 14.6. The van der Waals surface area contributed by atoms with E-state index in [1.54, 1.807) is 18.2 Å². The van der Waals surface area contributed by atoms with Gasteiger partial charge in [0.15, 0.2) is 6.04 Å². The number of carbonyl (C=O) groups excluding carboxylic acids is 1. The summed E-state index contributed by atoms with van der Waals surface area (Å²) in [7, 11) is 1.50. The number of carboxylic acids is 1. The maximum Gasteiger partial charge on any atom is 0.328 e. The molecule has 2 aromatic carbocycles. The summed E-state index contributed by atoms with van der Waals surface area (Å²) < 4.78 is 5.29. The van der Waals surface area contributed by atoms with Crippen molar-refractivity contribution in [1.82, 2.24) is 10.3 Å². The molecular weight excluding hydrogens is 374 g/mol. The molecule has 0 unspecified atom stereocenters. The summed E-state index contributed by atoms with van der Waals surface area (Å²) >= 11 is 0. The second-order valence-electron chi connectivity index (χ2n) is 6.12. The first kappa shape index (κ1) is 19.8. The molecule has 1 atom stereocenters. The fourth-order valence-electron chi connectivity index (χ4n) is 2.98. The highest BCUT2D eigenvalue weighted by atomic mass is 16.5. The van der Waals surface area contributed by atoms with E-state index in [2.05, 4.69) is 10.3 Å². The molecule has 0 fully saturated rings. The first-order chi connectivity index (χ1) is 14.0. The van der Waals surface area contributed by atoms with Crippen LogP contribution in [-0.2, 0) is 4.79 Å². The molecule has 8 nitrogen and oxygen atoms in total. The number of aliphatic hydroxyl groups is 1. The molecule has 29 heavy (non-hydrogen) atoms. The fraction of sp³-hybridized carbons (Fsp3) is 0.143. The number of aliphatic hydroxyl groups excluding tert-OH is 1. The number of amides is 1. The molecule has 0 spiro atoms. The standard InChI is InChI=1S/C21H17N3O5/c1-29-13-7-8-14-15(9-13)18(12-5-3-2-4-6-12)16(10-22)23-19(14)20(26)24-17(11-25)21(27)28/h2-9,17,25H,11H2,1H3,(H,24,26)(H,27,28)/t17-/m0/s1. The number of aliphatic carboxylic acids is 1. The number of carbonyl (C=O) groups is 2. The SMILES string of the molecule is COc1ccc2c(C(=O)N[C@@H](CO)C(=O)O)nc(C#N)c(-c3ccccc3)c2c1. The van der Waals surface area contributed by atoms with Crippen molar-refractivity contribution in [2.75, 3.05) is 13.7 Å². The van der Waals surface area contributed by atoms with Crippen molar-refractivity contribution in [1.29, 1.82) is 5.26 Å². The van der Waals surface area contributed by atoms with E-state index in [9.17, 15) is 20.0 Å².